The topological polar surface area (TPSA) is 23.5 Å². The zero-order valence-electron chi connectivity index (χ0n) is 9.38. The summed E-state index contributed by atoms with van der Waals surface area (Å²) in [6.07, 6.45) is 2.59. The van der Waals surface area contributed by atoms with Crippen molar-refractivity contribution in [2.75, 3.05) is 13.1 Å². The maximum Gasteiger partial charge on any atom is 0.0718 e. The van der Waals surface area contributed by atoms with Crippen molar-refractivity contribution >= 4 is 0 Å². The average Bonchev–Trinajstić information content (AvgIpc) is 2.31. The van der Waals surface area contributed by atoms with Gasteiger partial charge < -0.3 is 5.11 Å². The van der Waals surface area contributed by atoms with Crippen molar-refractivity contribution in [1.29, 1.82) is 0 Å². The SMILES string of the molecule is CC(C)C1CCCN1CC(C)(C)O. The molecule has 0 bridgehead atoms. The first-order valence-corrected chi connectivity index (χ1v) is 5.36. The van der Waals surface area contributed by atoms with Crippen LogP contribution < -0.4 is 0 Å². The molecular formula is C11H23NO. The fourth-order valence-electron chi connectivity index (χ4n) is 2.30. The zero-order chi connectivity index (χ0) is 10.1. The van der Waals surface area contributed by atoms with Gasteiger partial charge in [-0.05, 0) is 39.2 Å². The maximum absolute atomic E-state index is 9.74. The Morgan fingerprint density at radius 3 is 2.54 bits per heavy atom. The van der Waals surface area contributed by atoms with E-state index < -0.39 is 5.60 Å². The van der Waals surface area contributed by atoms with Crippen molar-refractivity contribution in [1.82, 2.24) is 4.90 Å². The second-order valence-corrected chi connectivity index (χ2v) is 5.24. The van der Waals surface area contributed by atoms with E-state index in [4.69, 9.17) is 0 Å². The minimum Gasteiger partial charge on any atom is -0.389 e. The smallest absolute Gasteiger partial charge is 0.0718 e. The Balaban J connectivity index is 2.49. The van der Waals surface area contributed by atoms with Crippen LogP contribution in [-0.4, -0.2) is 34.7 Å². The molecule has 13 heavy (non-hydrogen) atoms. The lowest BCUT2D eigenvalue weighted by Crippen LogP contribution is -2.43. The standard InChI is InChI=1S/C11H23NO/c1-9(2)10-6-5-7-12(10)8-11(3,4)13/h9-10,13H,5-8H2,1-4H3. The molecule has 1 heterocycles. The highest BCUT2D eigenvalue weighted by atomic mass is 16.3. The third-order valence-electron chi connectivity index (χ3n) is 2.77. The molecule has 0 radical (unpaired) electrons. The molecule has 1 aliphatic rings. The number of likely N-dealkylation sites (tertiary alicyclic amines) is 1. The van der Waals surface area contributed by atoms with Crippen molar-refractivity contribution in [2.24, 2.45) is 5.92 Å². The number of aliphatic hydroxyl groups is 1. The second kappa shape index (κ2) is 3.97. The molecule has 78 valence electrons. The normalized spacial score (nSPS) is 25.8. The molecule has 1 N–H and O–H groups in total. The van der Waals surface area contributed by atoms with E-state index in [0.29, 0.717) is 12.0 Å². The van der Waals surface area contributed by atoms with E-state index in [9.17, 15) is 5.11 Å². The lowest BCUT2D eigenvalue weighted by molar-refractivity contribution is 0.0258. The van der Waals surface area contributed by atoms with Crippen LogP contribution in [0.2, 0.25) is 0 Å². The number of hydrogen-bond donors (Lipinski definition) is 1. The third-order valence-corrected chi connectivity index (χ3v) is 2.77. The van der Waals surface area contributed by atoms with Gasteiger partial charge in [-0.15, -0.1) is 0 Å². The van der Waals surface area contributed by atoms with E-state index in [2.05, 4.69) is 18.7 Å². The summed E-state index contributed by atoms with van der Waals surface area (Å²) in [6.45, 7) is 10.3. The van der Waals surface area contributed by atoms with E-state index in [1.165, 1.54) is 12.8 Å². The van der Waals surface area contributed by atoms with Crippen molar-refractivity contribution in [3.05, 3.63) is 0 Å². The summed E-state index contributed by atoms with van der Waals surface area (Å²) >= 11 is 0. The molecule has 1 unspecified atom stereocenters. The predicted molar refractivity (Wildman–Crippen MR) is 55.7 cm³/mol. The molecule has 0 amide bonds. The van der Waals surface area contributed by atoms with E-state index in [-0.39, 0.29) is 0 Å². The first-order chi connectivity index (χ1) is 5.90. The van der Waals surface area contributed by atoms with Crippen LogP contribution >= 0.6 is 0 Å². The van der Waals surface area contributed by atoms with Gasteiger partial charge in [-0.25, -0.2) is 0 Å². The Bertz CT molecular complexity index is 160. The molecule has 0 aromatic carbocycles. The van der Waals surface area contributed by atoms with Gasteiger partial charge in [0.1, 0.15) is 0 Å². The van der Waals surface area contributed by atoms with Gasteiger partial charge in [0.05, 0.1) is 5.60 Å². The first-order valence-electron chi connectivity index (χ1n) is 5.36. The molecule has 1 saturated heterocycles. The van der Waals surface area contributed by atoms with Crippen LogP contribution in [0.5, 0.6) is 0 Å². The van der Waals surface area contributed by atoms with E-state index in [0.717, 1.165) is 13.1 Å². The Morgan fingerprint density at radius 2 is 2.08 bits per heavy atom. The Kier molecular flexibility index (Phi) is 3.36. The highest BCUT2D eigenvalue weighted by Gasteiger charge is 2.30. The van der Waals surface area contributed by atoms with Gasteiger partial charge in [0, 0.05) is 12.6 Å². The molecule has 1 aliphatic heterocycles. The van der Waals surface area contributed by atoms with Gasteiger partial charge in [-0.2, -0.15) is 0 Å². The summed E-state index contributed by atoms with van der Waals surface area (Å²) < 4.78 is 0. The van der Waals surface area contributed by atoms with Crippen LogP contribution in [0.15, 0.2) is 0 Å². The van der Waals surface area contributed by atoms with Crippen LogP contribution in [0.1, 0.15) is 40.5 Å². The van der Waals surface area contributed by atoms with Gasteiger partial charge in [0.2, 0.25) is 0 Å². The number of hydrogen-bond acceptors (Lipinski definition) is 2. The lowest BCUT2D eigenvalue weighted by Gasteiger charge is -2.32. The monoisotopic (exact) mass is 185 g/mol. The molecule has 1 rings (SSSR count). The minimum atomic E-state index is -0.544. The quantitative estimate of drug-likeness (QED) is 0.725. The minimum absolute atomic E-state index is 0.544. The highest BCUT2D eigenvalue weighted by Crippen LogP contribution is 2.25. The van der Waals surface area contributed by atoms with Gasteiger partial charge in [-0.1, -0.05) is 13.8 Å². The molecule has 0 aliphatic carbocycles. The summed E-state index contributed by atoms with van der Waals surface area (Å²) in [6, 6.07) is 0.687. The van der Waals surface area contributed by atoms with Crippen molar-refractivity contribution in [3.63, 3.8) is 0 Å². The highest BCUT2D eigenvalue weighted by molar-refractivity contribution is 4.85. The Morgan fingerprint density at radius 1 is 1.46 bits per heavy atom. The van der Waals surface area contributed by atoms with Crippen LogP contribution in [0.3, 0.4) is 0 Å². The van der Waals surface area contributed by atoms with Gasteiger partial charge in [-0.3, -0.25) is 4.90 Å². The second-order valence-electron chi connectivity index (χ2n) is 5.24. The summed E-state index contributed by atoms with van der Waals surface area (Å²) in [5, 5.41) is 9.74. The lowest BCUT2D eigenvalue weighted by atomic mass is 10.0. The maximum atomic E-state index is 9.74. The Hall–Kier alpha value is -0.0800. The van der Waals surface area contributed by atoms with E-state index in [1.807, 2.05) is 13.8 Å². The third kappa shape index (κ3) is 3.28. The van der Waals surface area contributed by atoms with Gasteiger partial charge in [0.15, 0.2) is 0 Å². The molecular weight excluding hydrogens is 162 g/mol. The summed E-state index contributed by atoms with van der Waals surface area (Å²) in [5.74, 6) is 0.713. The molecule has 1 atom stereocenters. The first kappa shape index (κ1) is 11.0. The van der Waals surface area contributed by atoms with E-state index >= 15 is 0 Å². The summed E-state index contributed by atoms with van der Waals surface area (Å²) in [5.41, 5.74) is -0.544. The molecule has 0 saturated carbocycles. The van der Waals surface area contributed by atoms with E-state index in [1.54, 1.807) is 0 Å². The largest absolute Gasteiger partial charge is 0.389 e. The fraction of sp³-hybridized carbons (Fsp3) is 1.00. The number of nitrogens with zero attached hydrogens (tertiary/aromatic N) is 1. The molecule has 1 fully saturated rings. The van der Waals surface area contributed by atoms with Gasteiger partial charge in [0.25, 0.3) is 0 Å². The number of β-amino-alcohol motifs (C(OH)–C–C–N with tert-alkyl or cyclic N) is 1. The van der Waals surface area contributed by atoms with Crippen LogP contribution in [0.4, 0.5) is 0 Å². The zero-order valence-corrected chi connectivity index (χ0v) is 9.38. The van der Waals surface area contributed by atoms with Gasteiger partial charge >= 0.3 is 0 Å². The van der Waals surface area contributed by atoms with Crippen LogP contribution in [0.25, 0.3) is 0 Å². The molecule has 2 heteroatoms. The van der Waals surface area contributed by atoms with Crippen LogP contribution in [-0.2, 0) is 0 Å². The van der Waals surface area contributed by atoms with Crippen LogP contribution in [0, 0.1) is 5.92 Å². The molecule has 2 nitrogen and oxygen atoms in total. The molecule has 0 spiro atoms. The fourth-order valence-corrected chi connectivity index (χ4v) is 2.30. The number of rotatable bonds is 3. The Labute approximate surface area is 81.9 Å². The predicted octanol–water partition coefficient (Wildman–Crippen LogP) is 1.88. The molecule has 0 aromatic heterocycles. The van der Waals surface area contributed by atoms with Crippen molar-refractivity contribution in [2.45, 2.75) is 52.2 Å². The van der Waals surface area contributed by atoms with Crippen molar-refractivity contribution < 1.29 is 5.11 Å². The molecule has 0 aromatic rings. The van der Waals surface area contributed by atoms with Crippen molar-refractivity contribution in [3.8, 4) is 0 Å². The summed E-state index contributed by atoms with van der Waals surface area (Å²) in [4.78, 5) is 2.44. The average molecular weight is 185 g/mol. The summed E-state index contributed by atoms with van der Waals surface area (Å²) in [7, 11) is 0.